The maximum Gasteiger partial charge on any atom is 0.416 e. The first-order chi connectivity index (χ1) is 9.77. The summed E-state index contributed by atoms with van der Waals surface area (Å²) in [7, 11) is 0. The van der Waals surface area contributed by atoms with Crippen molar-refractivity contribution in [1.82, 2.24) is 10.2 Å². The molecular weight excluding hydrogens is 285 g/mol. The van der Waals surface area contributed by atoms with Crippen molar-refractivity contribution in [2.45, 2.75) is 32.1 Å². The van der Waals surface area contributed by atoms with Gasteiger partial charge in [0.15, 0.2) is 0 Å². The highest BCUT2D eigenvalue weighted by atomic mass is 19.4. The van der Waals surface area contributed by atoms with E-state index in [4.69, 9.17) is 0 Å². The molecule has 0 radical (unpaired) electrons. The van der Waals surface area contributed by atoms with Gasteiger partial charge in [-0.15, -0.1) is 0 Å². The summed E-state index contributed by atoms with van der Waals surface area (Å²) in [6.45, 7) is 1.46. The molecule has 114 valence electrons. The van der Waals surface area contributed by atoms with Crippen molar-refractivity contribution in [3.8, 4) is 0 Å². The number of carbonyl (C=O) groups excluding carboxylic acids is 2. The fraction of sp³-hybridized carbons (Fsp3) is 0.429. The van der Waals surface area contributed by atoms with Crippen LogP contribution in [0.25, 0.3) is 0 Å². The van der Waals surface area contributed by atoms with E-state index in [1.807, 2.05) is 0 Å². The number of nitrogens with one attached hydrogen (secondary N) is 1. The lowest BCUT2D eigenvalue weighted by molar-refractivity contribution is -0.139. The molecule has 0 aliphatic carbocycles. The van der Waals surface area contributed by atoms with Gasteiger partial charge in [-0.1, -0.05) is 18.2 Å². The van der Waals surface area contributed by atoms with Crippen LogP contribution >= 0.6 is 0 Å². The van der Waals surface area contributed by atoms with Crippen molar-refractivity contribution in [3.63, 3.8) is 0 Å². The monoisotopic (exact) mass is 300 g/mol. The predicted octanol–water partition coefficient (Wildman–Crippen LogP) is 1.94. The van der Waals surface area contributed by atoms with Gasteiger partial charge in [-0.25, -0.2) is 0 Å². The number of halogens is 3. The molecule has 1 saturated heterocycles. The summed E-state index contributed by atoms with van der Waals surface area (Å²) in [4.78, 5) is 24.1. The number of likely N-dealkylation sites (tertiary alicyclic amines) is 1. The van der Waals surface area contributed by atoms with Crippen molar-refractivity contribution < 1.29 is 22.8 Å². The van der Waals surface area contributed by atoms with E-state index in [0.29, 0.717) is 0 Å². The summed E-state index contributed by atoms with van der Waals surface area (Å²) >= 11 is 0. The van der Waals surface area contributed by atoms with Gasteiger partial charge >= 0.3 is 6.18 Å². The third kappa shape index (κ3) is 3.74. The Labute approximate surface area is 119 Å². The fourth-order valence-electron chi connectivity index (χ4n) is 2.45. The molecule has 2 amide bonds. The Balaban J connectivity index is 2.13. The number of alkyl halides is 3. The van der Waals surface area contributed by atoms with E-state index in [2.05, 4.69) is 5.32 Å². The van der Waals surface area contributed by atoms with Crippen LogP contribution in [0.3, 0.4) is 0 Å². The summed E-state index contributed by atoms with van der Waals surface area (Å²) in [5, 5.41) is 2.61. The summed E-state index contributed by atoms with van der Waals surface area (Å²) in [5.41, 5.74) is -0.678. The molecule has 0 spiro atoms. The minimum atomic E-state index is -4.45. The highest BCUT2D eigenvalue weighted by molar-refractivity contribution is 5.81. The second kappa shape index (κ2) is 5.75. The molecule has 1 fully saturated rings. The van der Waals surface area contributed by atoms with Crippen LogP contribution in [0, 0.1) is 0 Å². The van der Waals surface area contributed by atoms with Gasteiger partial charge in [0, 0.05) is 26.4 Å². The zero-order valence-electron chi connectivity index (χ0n) is 11.4. The van der Waals surface area contributed by atoms with Crippen LogP contribution in [0.2, 0.25) is 0 Å². The van der Waals surface area contributed by atoms with E-state index < -0.39 is 11.7 Å². The highest BCUT2D eigenvalue weighted by Crippen LogP contribution is 2.32. The number of hydrogen-bond donors (Lipinski definition) is 1. The molecule has 1 N–H and O–H groups in total. The summed E-state index contributed by atoms with van der Waals surface area (Å²) in [5.74, 6) is -0.518. The lowest BCUT2D eigenvalue weighted by Gasteiger charge is -2.20. The van der Waals surface area contributed by atoms with Gasteiger partial charge in [-0.05, 0) is 11.6 Å². The molecule has 0 bridgehead atoms. The lowest BCUT2D eigenvalue weighted by atomic mass is 10.1. The van der Waals surface area contributed by atoms with Crippen molar-refractivity contribution >= 4 is 11.8 Å². The van der Waals surface area contributed by atoms with Crippen LogP contribution in [0.4, 0.5) is 13.2 Å². The van der Waals surface area contributed by atoms with Crippen molar-refractivity contribution in [2.24, 2.45) is 0 Å². The Morgan fingerprint density at radius 3 is 2.67 bits per heavy atom. The van der Waals surface area contributed by atoms with Crippen LogP contribution < -0.4 is 5.32 Å². The van der Waals surface area contributed by atoms with E-state index in [9.17, 15) is 22.8 Å². The van der Waals surface area contributed by atoms with E-state index in [0.717, 1.165) is 6.07 Å². The van der Waals surface area contributed by atoms with Crippen molar-refractivity contribution in [1.29, 1.82) is 0 Å². The van der Waals surface area contributed by atoms with Crippen LogP contribution in [0.5, 0.6) is 0 Å². The molecular formula is C14H15F3N2O2. The van der Waals surface area contributed by atoms with Gasteiger partial charge in [0.25, 0.3) is 0 Å². The molecule has 4 nitrogen and oxygen atoms in total. The third-order valence-electron chi connectivity index (χ3n) is 3.31. The quantitative estimate of drug-likeness (QED) is 0.927. The molecule has 1 heterocycles. The molecule has 7 heteroatoms. The Morgan fingerprint density at radius 1 is 1.38 bits per heavy atom. The Hall–Kier alpha value is -2.05. The SMILES string of the molecule is CC(=O)NC1CC(=O)N(Cc2ccccc2C(F)(F)F)C1. The Morgan fingerprint density at radius 2 is 2.05 bits per heavy atom. The van der Waals surface area contributed by atoms with Gasteiger partial charge in [-0.2, -0.15) is 13.2 Å². The van der Waals surface area contributed by atoms with Crippen molar-refractivity contribution in [3.05, 3.63) is 35.4 Å². The first-order valence-corrected chi connectivity index (χ1v) is 6.47. The summed E-state index contributed by atoms with van der Waals surface area (Å²) in [6.07, 6.45) is -4.33. The molecule has 1 aromatic rings. The number of hydrogen-bond acceptors (Lipinski definition) is 2. The van der Waals surface area contributed by atoms with E-state index in [1.165, 1.54) is 30.0 Å². The maximum atomic E-state index is 12.9. The second-order valence-electron chi connectivity index (χ2n) is 5.03. The zero-order chi connectivity index (χ0) is 15.6. The number of amides is 2. The average molecular weight is 300 g/mol. The fourth-order valence-corrected chi connectivity index (χ4v) is 2.45. The van der Waals surface area contributed by atoms with Crippen LogP contribution in [-0.2, 0) is 22.3 Å². The predicted molar refractivity (Wildman–Crippen MR) is 69.1 cm³/mol. The highest BCUT2D eigenvalue weighted by Gasteiger charge is 2.35. The van der Waals surface area contributed by atoms with Gasteiger partial charge in [0.1, 0.15) is 0 Å². The smallest absolute Gasteiger partial charge is 0.351 e. The molecule has 1 unspecified atom stereocenters. The molecule has 1 aliphatic heterocycles. The molecule has 21 heavy (non-hydrogen) atoms. The number of rotatable bonds is 3. The number of benzene rings is 1. The van der Waals surface area contributed by atoms with Crippen LogP contribution in [-0.4, -0.2) is 29.3 Å². The van der Waals surface area contributed by atoms with Crippen molar-refractivity contribution in [2.75, 3.05) is 6.54 Å². The molecule has 1 aliphatic rings. The van der Waals surface area contributed by atoms with Crippen LogP contribution in [0.1, 0.15) is 24.5 Å². The summed E-state index contributed by atoms with van der Waals surface area (Å²) < 4.78 is 38.7. The lowest BCUT2D eigenvalue weighted by Crippen LogP contribution is -2.35. The van der Waals surface area contributed by atoms with Gasteiger partial charge < -0.3 is 10.2 Å². The second-order valence-corrected chi connectivity index (χ2v) is 5.03. The van der Waals surface area contributed by atoms with E-state index >= 15 is 0 Å². The summed E-state index contributed by atoms with van der Waals surface area (Å²) in [6, 6.07) is 4.85. The maximum absolute atomic E-state index is 12.9. The van der Waals surface area contributed by atoms with Gasteiger partial charge in [0.05, 0.1) is 11.6 Å². The zero-order valence-corrected chi connectivity index (χ0v) is 11.4. The van der Waals surface area contributed by atoms with E-state index in [-0.39, 0.29) is 42.9 Å². The third-order valence-corrected chi connectivity index (χ3v) is 3.31. The molecule has 2 rings (SSSR count). The van der Waals surface area contributed by atoms with Gasteiger partial charge in [0.2, 0.25) is 11.8 Å². The Kier molecular flexibility index (Phi) is 4.20. The minimum Gasteiger partial charge on any atom is -0.351 e. The molecule has 1 aromatic carbocycles. The Bertz CT molecular complexity index is 557. The standard InChI is InChI=1S/C14H15F3N2O2/c1-9(20)18-11-6-13(21)19(8-11)7-10-4-2-3-5-12(10)14(15,16)17/h2-5,11H,6-8H2,1H3,(H,18,20). The first-order valence-electron chi connectivity index (χ1n) is 6.47. The number of carbonyl (C=O) groups is 2. The number of nitrogens with zero attached hydrogens (tertiary/aromatic N) is 1. The topological polar surface area (TPSA) is 49.4 Å². The van der Waals surface area contributed by atoms with E-state index in [1.54, 1.807) is 0 Å². The molecule has 0 aromatic heterocycles. The average Bonchev–Trinajstić information content (AvgIpc) is 2.68. The molecule has 0 saturated carbocycles. The van der Waals surface area contributed by atoms with Gasteiger partial charge in [-0.3, -0.25) is 9.59 Å². The first kappa shape index (κ1) is 15.3. The van der Waals surface area contributed by atoms with Crippen LogP contribution in [0.15, 0.2) is 24.3 Å². The normalized spacial score (nSPS) is 19.0. The largest absolute Gasteiger partial charge is 0.416 e. The minimum absolute atomic E-state index is 0.0572. The molecule has 1 atom stereocenters.